The van der Waals surface area contributed by atoms with Crippen LogP contribution in [0.2, 0.25) is 5.02 Å². The second-order valence-electron chi connectivity index (χ2n) is 8.12. The molecule has 0 aliphatic carbocycles. The normalized spacial score (nSPS) is 15.9. The third-order valence-electron chi connectivity index (χ3n) is 5.76. The van der Waals surface area contributed by atoms with Crippen LogP contribution in [-0.4, -0.2) is 47.6 Å². The van der Waals surface area contributed by atoms with Gasteiger partial charge in [-0.2, -0.15) is 0 Å². The number of hydrogen-bond donors (Lipinski definition) is 2. The van der Waals surface area contributed by atoms with Crippen molar-refractivity contribution in [3.63, 3.8) is 0 Å². The summed E-state index contributed by atoms with van der Waals surface area (Å²) in [5.74, 6) is -0.316. The molecule has 2 aromatic carbocycles. The number of aliphatic hydroxyl groups is 1. The van der Waals surface area contributed by atoms with E-state index >= 15 is 0 Å². The average molecular weight is 469 g/mol. The largest absolute Gasteiger partial charge is 0.389 e. The maximum atomic E-state index is 13.5. The Kier molecular flexibility index (Phi) is 9.76. The van der Waals surface area contributed by atoms with Gasteiger partial charge in [0.1, 0.15) is 5.82 Å². The quantitative estimate of drug-likeness (QED) is 0.486. The average Bonchev–Trinajstić information content (AvgIpc) is 2.72. The predicted molar refractivity (Wildman–Crippen MR) is 127 cm³/mol. The number of carbonyl (C=O) groups is 1. The van der Waals surface area contributed by atoms with Gasteiger partial charge in [0.15, 0.2) is 5.78 Å². The van der Waals surface area contributed by atoms with Gasteiger partial charge in [0.25, 0.3) is 0 Å². The van der Waals surface area contributed by atoms with Crippen LogP contribution in [0, 0.1) is 5.82 Å². The van der Waals surface area contributed by atoms with Crippen LogP contribution >= 0.6 is 24.0 Å². The van der Waals surface area contributed by atoms with E-state index in [9.17, 15) is 14.3 Å². The van der Waals surface area contributed by atoms with E-state index in [4.69, 9.17) is 11.6 Å². The van der Waals surface area contributed by atoms with Crippen LogP contribution in [0.4, 0.5) is 10.1 Å². The highest BCUT2D eigenvalue weighted by molar-refractivity contribution is 6.30. The predicted octanol–water partition coefficient (Wildman–Crippen LogP) is 5.37. The van der Waals surface area contributed by atoms with Crippen molar-refractivity contribution in [3.8, 4) is 0 Å². The summed E-state index contributed by atoms with van der Waals surface area (Å²) in [4.78, 5) is 14.9. The topological polar surface area (TPSA) is 52.6 Å². The lowest BCUT2D eigenvalue weighted by molar-refractivity contribution is -0.0207. The van der Waals surface area contributed by atoms with Crippen LogP contribution in [-0.2, 0) is 6.42 Å². The summed E-state index contributed by atoms with van der Waals surface area (Å²) in [6.07, 6.45) is 3.24. The Morgan fingerprint density at radius 1 is 1.19 bits per heavy atom. The first kappa shape index (κ1) is 25.6. The second kappa shape index (κ2) is 11.8. The molecule has 7 heteroatoms. The fourth-order valence-electron chi connectivity index (χ4n) is 4.05. The first-order chi connectivity index (χ1) is 14.4. The fraction of sp³-hybridized carbons (Fsp3) is 0.458. The highest BCUT2D eigenvalue weighted by Crippen LogP contribution is 2.27. The van der Waals surface area contributed by atoms with Crippen LogP contribution < -0.4 is 5.32 Å². The van der Waals surface area contributed by atoms with Gasteiger partial charge in [0, 0.05) is 48.7 Å². The molecule has 4 nitrogen and oxygen atoms in total. The molecule has 0 saturated carbocycles. The maximum absolute atomic E-state index is 13.5. The number of nitrogens with zero attached hydrogens (tertiary/aromatic N) is 1. The van der Waals surface area contributed by atoms with E-state index in [2.05, 4.69) is 10.2 Å². The fourth-order valence-corrected chi connectivity index (χ4v) is 4.17. The van der Waals surface area contributed by atoms with Gasteiger partial charge in [0.05, 0.1) is 5.60 Å². The van der Waals surface area contributed by atoms with Gasteiger partial charge in [-0.15, -0.1) is 12.4 Å². The van der Waals surface area contributed by atoms with Gasteiger partial charge >= 0.3 is 0 Å². The van der Waals surface area contributed by atoms with Crippen molar-refractivity contribution in [1.82, 2.24) is 4.90 Å². The number of anilines is 1. The number of carbonyl (C=O) groups excluding carboxylic acids is 1. The van der Waals surface area contributed by atoms with Crippen molar-refractivity contribution in [1.29, 1.82) is 0 Å². The number of Topliss-reactive ketones (excluding diaryl/α,β-unsaturated/α-hetero) is 1. The Morgan fingerprint density at radius 3 is 2.52 bits per heavy atom. The van der Waals surface area contributed by atoms with E-state index in [1.807, 2.05) is 31.2 Å². The van der Waals surface area contributed by atoms with E-state index < -0.39 is 5.60 Å². The Balaban J connectivity index is 0.00000341. The molecule has 2 N–H and O–H groups in total. The lowest BCUT2D eigenvalue weighted by Crippen LogP contribution is -2.45. The van der Waals surface area contributed by atoms with Crippen molar-refractivity contribution in [2.24, 2.45) is 0 Å². The number of ketones is 1. The van der Waals surface area contributed by atoms with Crippen LogP contribution in [0.3, 0.4) is 0 Å². The number of hydrogen-bond acceptors (Lipinski definition) is 4. The molecule has 31 heavy (non-hydrogen) atoms. The summed E-state index contributed by atoms with van der Waals surface area (Å²) in [7, 11) is 0. The molecule has 1 aliphatic rings. The minimum Gasteiger partial charge on any atom is -0.389 e. The molecule has 1 aliphatic heterocycles. The van der Waals surface area contributed by atoms with Crippen LogP contribution in [0.25, 0.3) is 0 Å². The lowest BCUT2D eigenvalue weighted by Gasteiger charge is -2.38. The zero-order chi connectivity index (χ0) is 21.6. The first-order valence-corrected chi connectivity index (χ1v) is 11.0. The standard InChI is InChI=1S/C24H30ClFN2O2.ClH/c1-2-27-22-16-20(26)9-10-21(22)23(29)4-3-13-28-14-11-24(30,12-15-28)17-18-5-7-19(25)8-6-18;/h5-10,16,27,30H,2-4,11-15,17H2,1H3;1H. The van der Waals surface area contributed by atoms with E-state index in [1.165, 1.54) is 12.1 Å². The molecule has 1 heterocycles. The summed E-state index contributed by atoms with van der Waals surface area (Å²) >= 11 is 5.94. The van der Waals surface area contributed by atoms with Gasteiger partial charge in [-0.3, -0.25) is 4.79 Å². The van der Waals surface area contributed by atoms with Gasteiger partial charge < -0.3 is 15.3 Å². The van der Waals surface area contributed by atoms with E-state index in [0.717, 1.165) is 31.6 Å². The monoisotopic (exact) mass is 468 g/mol. The molecular weight excluding hydrogens is 438 g/mol. The zero-order valence-corrected chi connectivity index (χ0v) is 19.4. The highest BCUT2D eigenvalue weighted by Gasteiger charge is 2.32. The molecule has 0 unspecified atom stereocenters. The number of piperidine rings is 1. The number of benzene rings is 2. The molecular formula is C24H31Cl2FN2O2. The molecule has 0 radical (unpaired) electrons. The zero-order valence-electron chi connectivity index (χ0n) is 17.9. The summed E-state index contributed by atoms with van der Waals surface area (Å²) in [6.45, 7) is 5.01. The molecule has 0 spiro atoms. The molecule has 0 atom stereocenters. The molecule has 0 aromatic heterocycles. The summed E-state index contributed by atoms with van der Waals surface area (Å²) < 4.78 is 13.5. The molecule has 170 valence electrons. The number of likely N-dealkylation sites (tertiary alicyclic amines) is 1. The Bertz CT molecular complexity index is 853. The van der Waals surface area contributed by atoms with Crippen molar-refractivity contribution >= 4 is 35.5 Å². The second-order valence-corrected chi connectivity index (χ2v) is 8.55. The number of rotatable bonds is 9. The van der Waals surface area contributed by atoms with Crippen molar-refractivity contribution < 1.29 is 14.3 Å². The number of halogens is 3. The van der Waals surface area contributed by atoms with Crippen molar-refractivity contribution in [2.75, 3.05) is 31.5 Å². The first-order valence-electron chi connectivity index (χ1n) is 10.6. The molecule has 0 amide bonds. The van der Waals surface area contributed by atoms with E-state index in [-0.39, 0.29) is 24.0 Å². The Hall–Kier alpha value is -1.66. The van der Waals surface area contributed by atoms with Crippen LogP contribution in [0.15, 0.2) is 42.5 Å². The van der Waals surface area contributed by atoms with Gasteiger partial charge in [0.2, 0.25) is 0 Å². The molecule has 1 saturated heterocycles. The summed E-state index contributed by atoms with van der Waals surface area (Å²) in [5.41, 5.74) is 1.52. The third kappa shape index (κ3) is 7.46. The highest BCUT2D eigenvalue weighted by atomic mass is 35.5. The van der Waals surface area contributed by atoms with E-state index in [1.54, 1.807) is 6.07 Å². The summed E-state index contributed by atoms with van der Waals surface area (Å²) in [5, 5.41) is 14.7. The SMILES string of the molecule is CCNc1cc(F)ccc1C(=O)CCCN1CCC(O)(Cc2ccc(Cl)cc2)CC1.Cl. The minimum atomic E-state index is -0.686. The van der Waals surface area contributed by atoms with Gasteiger partial charge in [-0.25, -0.2) is 4.39 Å². The van der Waals surface area contributed by atoms with Crippen LogP contribution in [0.1, 0.15) is 48.5 Å². The van der Waals surface area contributed by atoms with Gasteiger partial charge in [-0.1, -0.05) is 23.7 Å². The number of nitrogens with one attached hydrogen (secondary N) is 1. The van der Waals surface area contributed by atoms with Crippen LogP contribution in [0.5, 0.6) is 0 Å². The molecule has 2 aromatic rings. The van der Waals surface area contributed by atoms with E-state index in [0.29, 0.717) is 48.5 Å². The molecule has 0 bridgehead atoms. The third-order valence-corrected chi connectivity index (χ3v) is 6.01. The van der Waals surface area contributed by atoms with Crippen molar-refractivity contribution in [2.45, 2.75) is 44.6 Å². The molecule has 3 rings (SSSR count). The Morgan fingerprint density at radius 2 is 1.87 bits per heavy atom. The maximum Gasteiger partial charge on any atom is 0.165 e. The Labute approximate surface area is 195 Å². The van der Waals surface area contributed by atoms with Crippen molar-refractivity contribution in [3.05, 3.63) is 64.4 Å². The smallest absolute Gasteiger partial charge is 0.165 e. The summed E-state index contributed by atoms with van der Waals surface area (Å²) in [6, 6.07) is 11.9. The minimum absolute atomic E-state index is 0. The van der Waals surface area contributed by atoms with Gasteiger partial charge in [-0.05, 0) is 68.6 Å². The lowest BCUT2D eigenvalue weighted by atomic mass is 9.85. The molecule has 1 fully saturated rings.